The van der Waals surface area contributed by atoms with Gasteiger partial charge in [-0.3, -0.25) is 0 Å². The van der Waals surface area contributed by atoms with Crippen molar-refractivity contribution >= 4 is 53.6 Å². The van der Waals surface area contributed by atoms with Crippen LogP contribution in [0.1, 0.15) is 20.8 Å². The van der Waals surface area contributed by atoms with Gasteiger partial charge in [0.2, 0.25) is 0 Å². The second kappa shape index (κ2) is 31.7. The summed E-state index contributed by atoms with van der Waals surface area (Å²) in [5, 5.41) is 30.7. The Bertz CT molecular complexity index is 876. The normalized spacial score (nSPS) is 9.62. The van der Waals surface area contributed by atoms with Crippen LogP contribution in [0.4, 0.5) is 0 Å². The van der Waals surface area contributed by atoms with Gasteiger partial charge in [0.1, 0.15) is 35.6 Å². The fourth-order valence-corrected chi connectivity index (χ4v) is 1.51. The first kappa shape index (κ1) is 49.5. The van der Waals surface area contributed by atoms with Crippen molar-refractivity contribution in [2.75, 3.05) is 0 Å². The standard InChI is InChI=1S/3C7H7NO4.3Na/c3*1-6(7(11)12)8(2-4-9)3-5-10;;;/h3*2-3,6H,1H3,(H,11,12);;;/q;;;3*+1/p-3/t3*6-;;;/m000.../s1. The summed E-state index contributed by atoms with van der Waals surface area (Å²) in [7, 11) is 0. The molecule has 0 aromatic carbocycles. The zero-order chi connectivity index (χ0) is 28.7. The first-order chi connectivity index (χ1) is 16.9. The van der Waals surface area contributed by atoms with Crippen molar-refractivity contribution < 1.29 is 147 Å². The molecule has 0 heterocycles. The maximum atomic E-state index is 10.2. The molecule has 0 aromatic heterocycles. The summed E-state index contributed by atoms with van der Waals surface area (Å²) in [4.78, 5) is 92.2. The molecular formula is C21H18N3Na3O12. The number of rotatable bonds is 12. The van der Waals surface area contributed by atoms with Crippen molar-refractivity contribution in [2.24, 2.45) is 0 Å². The quantitative estimate of drug-likeness (QED) is 0.156. The van der Waals surface area contributed by atoms with Gasteiger partial charge in [0.05, 0.1) is 73.2 Å². The number of nitrogens with zero attached hydrogens (tertiary/aromatic N) is 3. The van der Waals surface area contributed by atoms with E-state index >= 15 is 0 Å². The molecule has 0 spiro atoms. The minimum Gasteiger partial charge on any atom is -0.548 e. The second-order valence-corrected chi connectivity index (χ2v) is 5.81. The second-order valence-electron chi connectivity index (χ2n) is 5.81. The van der Waals surface area contributed by atoms with E-state index in [4.69, 9.17) is 0 Å². The van der Waals surface area contributed by atoms with Crippen LogP contribution < -0.4 is 104 Å². The Kier molecular flexibility index (Phi) is 40.2. The Balaban J connectivity index is -0.000000101. The van der Waals surface area contributed by atoms with E-state index in [-0.39, 0.29) is 88.7 Å². The minimum atomic E-state index is -1.40. The summed E-state index contributed by atoms with van der Waals surface area (Å²) in [5.74, 6) is 3.84. The molecule has 39 heavy (non-hydrogen) atoms. The van der Waals surface area contributed by atoms with Gasteiger partial charge in [0.15, 0.2) is 0 Å². The average molecular weight is 573 g/mol. The predicted octanol–water partition coefficient (Wildman–Crippen LogP) is -14.6. The topological polar surface area (TPSA) is 233 Å². The molecule has 0 unspecified atom stereocenters. The molecule has 0 N–H and O–H groups in total. The van der Waals surface area contributed by atoms with Gasteiger partial charge in [-0.05, 0) is 20.8 Å². The van der Waals surface area contributed by atoms with E-state index < -0.39 is 36.0 Å². The van der Waals surface area contributed by atoms with E-state index in [0.717, 1.165) is 51.9 Å². The largest absolute Gasteiger partial charge is 1.00 e. The molecule has 0 aliphatic rings. The van der Waals surface area contributed by atoms with E-state index in [9.17, 15) is 58.5 Å². The van der Waals surface area contributed by atoms with Crippen molar-refractivity contribution in [2.45, 2.75) is 38.9 Å². The number of carbonyl (C=O) groups is 3. The SMILES string of the molecule is C[C@@H](C(=O)[O-])N(C=C=O)C=C=O.C[C@@H](C(=O)[O-])N(C=C=O)C=C=O.C[C@@H](C(=O)[O-])N(C=C=O)C=C=O.[Na+].[Na+].[Na+]. The molecule has 0 aliphatic carbocycles. The molecule has 0 aliphatic heterocycles. The first-order valence-electron chi connectivity index (χ1n) is 9.10. The van der Waals surface area contributed by atoms with Crippen molar-refractivity contribution in [3.8, 4) is 0 Å². The van der Waals surface area contributed by atoms with Crippen LogP contribution in [0.25, 0.3) is 0 Å². The molecule has 0 fully saturated rings. The maximum Gasteiger partial charge on any atom is 1.00 e. The number of hydrogen-bond donors (Lipinski definition) is 0. The van der Waals surface area contributed by atoms with Crippen molar-refractivity contribution in [1.82, 2.24) is 14.7 Å². The van der Waals surface area contributed by atoms with Crippen LogP contribution in [0.3, 0.4) is 0 Å². The van der Waals surface area contributed by atoms with Gasteiger partial charge in [-0.2, -0.15) is 0 Å². The number of carbonyl (C=O) groups excluding carboxylic acids is 9. The van der Waals surface area contributed by atoms with Crippen LogP contribution in [0.2, 0.25) is 0 Å². The number of carboxylic acid groups (broad SMARTS) is 3. The summed E-state index contributed by atoms with van der Waals surface area (Å²) < 4.78 is 0. The monoisotopic (exact) mass is 573 g/mol. The molecule has 15 nitrogen and oxygen atoms in total. The molecule has 0 saturated carbocycles. The van der Waals surface area contributed by atoms with E-state index in [1.807, 2.05) is 0 Å². The Hall–Kier alpha value is -2.49. The molecule has 192 valence electrons. The number of aliphatic carboxylic acids is 3. The maximum absolute atomic E-state index is 10.2. The van der Waals surface area contributed by atoms with Crippen LogP contribution in [-0.2, 0) is 43.2 Å². The van der Waals surface area contributed by atoms with Gasteiger partial charge in [0.25, 0.3) is 0 Å². The number of hydrogen-bond acceptors (Lipinski definition) is 15. The van der Waals surface area contributed by atoms with Gasteiger partial charge in [-0.1, -0.05) is 0 Å². The van der Waals surface area contributed by atoms with Crippen LogP contribution in [0.5, 0.6) is 0 Å². The third-order valence-corrected chi connectivity index (χ3v) is 3.58. The third kappa shape index (κ3) is 25.5. The zero-order valence-electron chi connectivity index (χ0n) is 21.9. The molecule has 0 rings (SSSR count). The van der Waals surface area contributed by atoms with Crippen LogP contribution >= 0.6 is 0 Å². The summed E-state index contributed by atoms with van der Waals surface area (Å²) in [5.41, 5.74) is 0. The summed E-state index contributed by atoms with van der Waals surface area (Å²) in [6.07, 6.45) is 4.70. The molecular weight excluding hydrogens is 555 g/mol. The Morgan fingerprint density at radius 3 is 0.667 bits per heavy atom. The molecule has 3 atom stereocenters. The Labute approximate surface area is 288 Å². The third-order valence-electron chi connectivity index (χ3n) is 3.58. The minimum absolute atomic E-state index is 0. The molecule has 0 saturated heterocycles. The van der Waals surface area contributed by atoms with Gasteiger partial charge >= 0.3 is 88.7 Å². The van der Waals surface area contributed by atoms with Crippen molar-refractivity contribution in [1.29, 1.82) is 0 Å². The fraction of sp³-hybridized carbons (Fsp3) is 0.286. The van der Waals surface area contributed by atoms with Gasteiger partial charge in [-0.25, -0.2) is 28.8 Å². The zero-order valence-corrected chi connectivity index (χ0v) is 27.9. The van der Waals surface area contributed by atoms with Gasteiger partial charge < -0.3 is 44.4 Å². The van der Waals surface area contributed by atoms with E-state index in [2.05, 4.69) is 0 Å². The Morgan fingerprint density at radius 2 is 0.590 bits per heavy atom. The average Bonchev–Trinajstić information content (AvgIpc) is 2.82. The summed E-state index contributed by atoms with van der Waals surface area (Å²) >= 11 is 0. The van der Waals surface area contributed by atoms with Gasteiger partial charge in [-0.15, -0.1) is 0 Å². The van der Waals surface area contributed by atoms with E-state index in [0.29, 0.717) is 0 Å². The molecule has 0 amide bonds. The van der Waals surface area contributed by atoms with Crippen molar-refractivity contribution in [3.05, 3.63) is 37.2 Å². The molecule has 0 bridgehead atoms. The summed E-state index contributed by atoms with van der Waals surface area (Å²) in [6.45, 7) is 3.78. The van der Waals surface area contributed by atoms with Crippen molar-refractivity contribution in [3.63, 3.8) is 0 Å². The Morgan fingerprint density at radius 1 is 0.462 bits per heavy atom. The van der Waals surface area contributed by atoms with Crippen LogP contribution in [0.15, 0.2) is 37.2 Å². The van der Waals surface area contributed by atoms with Crippen LogP contribution in [0, 0.1) is 0 Å². The van der Waals surface area contributed by atoms with Crippen LogP contribution in [-0.4, -0.2) is 86.4 Å². The molecule has 0 aromatic rings. The smallest absolute Gasteiger partial charge is 0.548 e. The van der Waals surface area contributed by atoms with Gasteiger partial charge in [0, 0.05) is 0 Å². The molecule has 0 radical (unpaired) electrons. The van der Waals surface area contributed by atoms with E-state index in [1.165, 1.54) is 56.4 Å². The fourth-order valence-electron chi connectivity index (χ4n) is 1.51. The number of carboxylic acids is 3. The predicted molar refractivity (Wildman–Crippen MR) is 111 cm³/mol. The first-order valence-corrected chi connectivity index (χ1v) is 9.10. The summed E-state index contributed by atoms with van der Waals surface area (Å²) in [6, 6.07) is -3.27. The van der Waals surface area contributed by atoms with E-state index in [1.54, 1.807) is 0 Å². The molecule has 18 heteroatoms.